The molecular weight excluding hydrogens is 205 g/mol. The van der Waals surface area contributed by atoms with Crippen molar-refractivity contribution in [2.75, 3.05) is 6.54 Å². The van der Waals surface area contributed by atoms with Gasteiger partial charge in [0.15, 0.2) is 0 Å². The zero-order valence-corrected chi connectivity index (χ0v) is 9.59. The van der Waals surface area contributed by atoms with Gasteiger partial charge < -0.3 is 9.73 Å². The lowest BCUT2D eigenvalue weighted by atomic mass is 10.0. The van der Waals surface area contributed by atoms with Gasteiger partial charge in [0.05, 0.1) is 11.6 Å². The summed E-state index contributed by atoms with van der Waals surface area (Å²) in [6, 6.07) is 5.58. The van der Waals surface area contributed by atoms with Crippen LogP contribution in [0.15, 0.2) is 28.9 Å². The second-order valence-corrected chi connectivity index (χ2v) is 4.03. The van der Waals surface area contributed by atoms with Crippen LogP contribution in [0.1, 0.15) is 19.4 Å². The van der Waals surface area contributed by atoms with E-state index in [1.807, 2.05) is 13.0 Å². The molecule has 0 saturated carbocycles. The summed E-state index contributed by atoms with van der Waals surface area (Å²) in [6.45, 7) is 5.01. The van der Waals surface area contributed by atoms with Crippen LogP contribution in [-0.2, 0) is 6.42 Å². The molecule has 2 nitrogen and oxygen atoms in total. The molecule has 0 amide bonds. The van der Waals surface area contributed by atoms with Gasteiger partial charge in [-0.3, -0.25) is 0 Å². The van der Waals surface area contributed by atoms with Crippen LogP contribution in [0.3, 0.4) is 0 Å². The van der Waals surface area contributed by atoms with E-state index in [1.165, 1.54) is 6.26 Å². The minimum absolute atomic E-state index is 0.156. The van der Waals surface area contributed by atoms with E-state index >= 15 is 0 Å². The first-order valence-electron chi connectivity index (χ1n) is 5.60. The topological polar surface area (TPSA) is 25.2 Å². The third-order valence-corrected chi connectivity index (χ3v) is 2.73. The van der Waals surface area contributed by atoms with Crippen molar-refractivity contribution >= 4 is 11.0 Å². The third-order valence-electron chi connectivity index (χ3n) is 2.73. The molecule has 0 saturated heterocycles. The van der Waals surface area contributed by atoms with Crippen molar-refractivity contribution in [2.24, 2.45) is 0 Å². The van der Waals surface area contributed by atoms with Crippen LogP contribution in [0.2, 0.25) is 0 Å². The molecule has 1 unspecified atom stereocenters. The van der Waals surface area contributed by atoms with Crippen molar-refractivity contribution in [3.63, 3.8) is 0 Å². The normalized spacial score (nSPS) is 13.2. The molecule has 0 spiro atoms. The maximum Gasteiger partial charge on any atom is 0.137 e. The van der Waals surface area contributed by atoms with Gasteiger partial charge in [0, 0.05) is 6.04 Å². The van der Waals surface area contributed by atoms with E-state index < -0.39 is 0 Å². The fourth-order valence-corrected chi connectivity index (χ4v) is 1.96. The first-order chi connectivity index (χ1) is 7.72. The highest BCUT2D eigenvalue weighted by Gasteiger charge is 2.11. The summed E-state index contributed by atoms with van der Waals surface area (Å²) >= 11 is 0. The van der Waals surface area contributed by atoms with Crippen LogP contribution >= 0.6 is 0 Å². The number of likely N-dealkylation sites (N-methyl/N-ethyl adjacent to an activating group) is 1. The number of furan rings is 1. The molecule has 0 fully saturated rings. The lowest BCUT2D eigenvalue weighted by Gasteiger charge is -2.12. The largest absolute Gasteiger partial charge is 0.464 e. The van der Waals surface area contributed by atoms with Gasteiger partial charge in [-0.2, -0.15) is 0 Å². The molecule has 86 valence electrons. The Bertz CT molecular complexity index is 478. The second kappa shape index (κ2) is 4.66. The number of fused-ring (bicyclic) bond motifs is 1. The lowest BCUT2D eigenvalue weighted by molar-refractivity contribution is 0.542. The molecule has 1 atom stereocenters. The van der Waals surface area contributed by atoms with Crippen LogP contribution < -0.4 is 5.32 Å². The monoisotopic (exact) mass is 221 g/mol. The first-order valence-corrected chi connectivity index (χ1v) is 5.60. The lowest BCUT2D eigenvalue weighted by Crippen LogP contribution is -2.27. The van der Waals surface area contributed by atoms with Crippen LogP contribution in [-0.4, -0.2) is 12.6 Å². The van der Waals surface area contributed by atoms with Crippen LogP contribution in [0, 0.1) is 5.82 Å². The smallest absolute Gasteiger partial charge is 0.137 e. The molecule has 1 N–H and O–H groups in total. The van der Waals surface area contributed by atoms with Gasteiger partial charge in [-0.15, -0.1) is 0 Å². The summed E-state index contributed by atoms with van der Waals surface area (Å²) < 4.78 is 19.2. The molecular formula is C13H16FNO. The Kier molecular flexibility index (Phi) is 3.25. The molecule has 1 aromatic heterocycles. The first kappa shape index (κ1) is 11.1. The van der Waals surface area contributed by atoms with Gasteiger partial charge in [-0.1, -0.05) is 13.0 Å². The van der Waals surface area contributed by atoms with Crippen molar-refractivity contribution in [3.8, 4) is 0 Å². The Morgan fingerprint density at radius 2 is 2.19 bits per heavy atom. The molecule has 0 bridgehead atoms. The number of hydrogen-bond donors (Lipinski definition) is 1. The minimum Gasteiger partial charge on any atom is -0.464 e. The molecule has 0 aliphatic rings. The van der Waals surface area contributed by atoms with Crippen molar-refractivity contribution < 1.29 is 8.81 Å². The zero-order valence-electron chi connectivity index (χ0n) is 9.59. The summed E-state index contributed by atoms with van der Waals surface area (Å²) in [5.41, 5.74) is 1.35. The van der Waals surface area contributed by atoms with E-state index in [0.29, 0.717) is 17.4 Å². The van der Waals surface area contributed by atoms with Crippen molar-refractivity contribution in [3.05, 3.63) is 35.8 Å². The molecule has 0 aliphatic carbocycles. The van der Waals surface area contributed by atoms with E-state index in [0.717, 1.165) is 12.1 Å². The highest BCUT2D eigenvalue weighted by Crippen LogP contribution is 2.22. The maximum atomic E-state index is 14.0. The number of rotatable bonds is 4. The van der Waals surface area contributed by atoms with Crippen LogP contribution in [0.4, 0.5) is 4.39 Å². The fourth-order valence-electron chi connectivity index (χ4n) is 1.96. The molecule has 2 rings (SSSR count). The van der Waals surface area contributed by atoms with Gasteiger partial charge in [-0.25, -0.2) is 4.39 Å². The minimum atomic E-state index is -0.156. The van der Waals surface area contributed by atoms with Crippen molar-refractivity contribution in [2.45, 2.75) is 26.3 Å². The number of hydrogen-bond acceptors (Lipinski definition) is 2. The molecule has 16 heavy (non-hydrogen) atoms. The maximum absolute atomic E-state index is 14.0. The Labute approximate surface area is 94.4 Å². The predicted octanol–water partition coefficient (Wildman–Crippen LogP) is 3.11. The Hall–Kier alpha value is -1.35. The quantitative estimate of drug-likeness (QED) is 0.858. The van der Waals surface area contributed by atoms with Crippen LogP contribution in [0.5, 0.6) is 0 Å². The van der Waals surface area contributed by atoms with Gasteiger partial charge in [0.25, 0.3) is 0 Å². The number of benzene rings is 1. The number of nitrogens with one attached hydrogen (secondary N) is 1. The van der Waals surface area contributed by atoms with E-state index in [4.69, 9.17) is 4.42 Å². The molecule has 1 aromatic carbocycles. The Morgan fingerprint density at radius 3 is 2.94 bits per heavy atom. The fraction of sp³-hybridized carbons (Fsp3) is 0.385. The van der Waals surface area contributed by atoms with E-state index in [9.17, 15) is 4.39 Å². The summed E-state index contributed by atoms with van der Waals surface area (Å²) in [4.78, 5) is 0. The second-order valence-electron chi connectivity index (χ2n) is 4.03. The van der Waals surface area contributed by atoms with Gasteiger partial charge in [0.2, 0.25) is 0 Å². The highest BCUT2D eigenvalue weighted by molar-refractivity contribution is 5.78. The van der Waals surface area contributed by atoms with E-state index in [-0.39, 0.29) is 11.9 Å². The average molecular weight is 221 g/mol. The molecule has 2 aromatic rings. The van der Waals surface area contributed by atoms with E-state index in [2.05, 4.69) is 12.2 Å². The van der Waals surface area contributed by atoms with Gasteiger partial charge >= 0.3 is 0 Å². The van der Waals surface area contributed by atoms with Crippen molar-refractivity contribution in [1.82, 2.24) is 5.32 Å². The molecule has 3 heteroatoms. The standard InChI is InChI=1S/C13H16FNO/c1-3-15-9(2)8-10-4-5-12-11(13(10)14)6-7-16-12/h4-7,9,15H,3,8H2,1-2H3. The summed E-state index contributed by atoms with van der Waals surface area (Å²) in [5.74, 6) is -0.156. The molecule has 1 heterocycles. The van der Waals surface area contributed by atoms with Gasteiger partial charge in [-0.05, 0) is 37.6 Å². The van der Waals surface area contributed by atoms with Crippen molar-refractivity contribution in [1.29, 1.82) is 0 Å². The SMILES string of the molecule is CCNC(C)Cc1ccc2occc2c1F. The average Bonchev–Trinajstić information content (AvgIpc) is 2.71. The van der Waals surface area contributed by atoms with E-state index in [1.54, 1.807) is 12.1 Å². The predicted molar refractivity (Wildman–Crippen MR) is 63.0 cm³/mol. The summed E-state index contributed by atoms with van der Waals surface area (Å²) in [5, 5.41) is 3.84. The summed E-state index contributed by atoms with van der Waals surface area (Å²) in [7, 11) is 0. The zero-order chi connectivity index (χ0) is 11.5. The Balaban J connectivity index is 2.27. The highest BCUT2D eigenvalue weighted by atomic mass is 19.1. The van der Waals surface area contributed by atoms with Crippen LogP contribution in [0.25, 0.3) is 11.0 Å². The number of halogens is 1. The molecule has 0 radical (unpaired) electrons. The van der Waals surface area contributed by atoms with Gasteiger partial charge in [0.1, 0.15) is 11.4 Å². The Morgan fingerprint density at radius 1 is 1.38 bits per heavy atom. The molecule has 0 aliphatic heterocycles. The summed E-state index contributed by atoms with van der Waals surface area (Å²) in [6.07, 6.45) is 2.21. The third kappa shape index (κ3) is 2.09.